The van der Waals surface area contributed by atoms with Gasteiger partial charge in [0.15, 0.2) is 6.29 Å². The van der Waals surface area contributed by atoms with E-state index in [0.29, 0.717) is 0 Å². The first-order chi connectivity index (χ1) is 9.91. The highest BCUT2D eigenvalue weighted by molar-refractivity contribution is 7.91. The molecule has 3 N–H and O–H groups in total. The van der Waals surface area contributed by atoms with Crippen LogP contribution in [0.2, 0.25) is 0 Å². The third kappa shape index (κ3) is 2.11. The Morgan fingerprint density at radius 2 is 1.71 bits per heavy atom. The van der Waals surface area contributed by atoms with Gasteiger partial charge in [-0.2, -0.15) is 0 Å². The lowest BCUT2D eigenvalue weighted by molar-refractivity contribution is -0.0424. The first-order valence-corrected chi connectivity index (χ1v) is 7.55. The number of fused-ring (bicyclic) bond motifs is 2. The van der Waals surface area contributed by atoms with Crippen LogP contribution >= 0.6 is 0 Å². The molecular weight excluding hydrogens is 294 g/mol. The van der Waals surface area contributed by atoms with Crippen molar-refractivity contribution in [3.05, 3.63) is 53.6 Å². The van der Waals surface area contributed by atoms with Gasteiger partial charge >= 0.3 is 0 Å². The summed E-state index contributed by atoms with van der Waals surface area (Å²) in [6.07, 6.45) is -1.75. The van der Waals surface area contributed by atoms with E-state index in [1.807, 2.05) is 0 Å². The number of benzene rings is 2. The fraction of sp³-hybridized carbons (Fsp3) is 0.0714. The Labute approximate surface area is 120 Å². The average Bonchev–Trinajstić information content (AvgIpc) is 2.54. The molecule has 0 fully saturated rings. The number of amides is 1. The molecule has 0 bridgehead atoms. The molecule has 6 nitrogen and oxygen atoms in total. The summed E-state index contributed by atoms with van der Waals surface area (Å²) in [5.41, 5.74) is 0.178. The van der Waals surface area contributed by atoms with Crippen LogP contribution in [0.3, 0.4) is 0 Å². The van der Waals surface area contributed by atoms with Gasteiger partial charge in [0.1, 0.15) is 0 Å². The van der Waals surface area contributed by atoms with Gasteiger partial charge in [-0.1, -0.05) is 18.2 Å². The number of hydrogen-bond acceptors (Lipinski definition) is 5. The van der Waals surface area contributed by atoms with Gasteiger partial charge in [0.25, 0.3) is 5.91 Å². The molecule has 7 heteroatoms. The summed E-state index contributed by atoms with van der Waals surface area (Å²) in [5.74, 6) is -0.558. The lowest BCUT2D eigenvalue weighted by Crippen LogP contribution is -2.12. The smallest absolute Gasteiger partial charge is 0.257 e. The van der Waals surface area contributed by atoms with E-state index < -0.39 is 22.0 Å². The molecule has 2 aromatic rings. The zero-order chi connectivity index (χ0) is 15.2. The summed E-state index contributed by atoms with van der Waals surface area (Å²) in [5, 5.41) is 20.8. The number of aliphatic hydroxyl groups excluding tert-OH is 1. The minimum absolute atomic E-state index is 0.0294. The minimum atomic E-state index is -3.86. The largest absolute Gasteiger partial charge is 0.364 e. The molecule has 21 heavy (non-hydrogen) atoms. The summed E-state index contributed by atoms with van der Waals surface area (Å²) >= 11 is 0. The van der Waals surface area contributed by atoms with E-state index in [2.05, 4.69) is 5.32 Å². The van der Waals surface area contributed by atoms with Gasteiger partial charge in [-0.05, 0) is 24.3 Å². The number of carbonyl (C=O) groups excluding carboxylic acids is 1. The Kier molecular flexibility index (Phi) is 3.05. The molecule has 0 aliphatic carbocycles. The number of aliphatic hydroxyl groups is 2. The van der Waals surface area contributed by atoms with Gasteiger partial charge in [-0.3, -0.25) is 4.79 Å². The van der Waals surface area contributed by atoms with Crippen molar-refractivity contribution in [2.75, 3.05) is 5.32 Å². The minimum Gasteiger partial charge on any atom is -0.364 e. The van der Waals surface area contributed by atoms with E-state index >= 15 is 0 Å². The standard InChI is InChI=1S/C14H11NO5S/c16-13-9-3-1-2-4-11(9)21(19,20)12-6-5-8(14(17)18)7-10(12)15-13/h1-7,14,17-18H,(H,15,16). The van der Waals surface area contributed by atoms with Crippen LogP contribution in [0, 0.1) is 0 Å². The molecule has 0 saturated carbocycles. The highest BCUT2D eigenvalue weighted by Gasteiger charge is 2.31. The van der Waals surface area contributed by atoms with Gasteiger partial charge in [-0.25, -0.2) is 8.42 Å². The summed E-state index contributed by atoms with van der Waals surface area (Å²) < 4.78 is 25.2. The average molecular weight is 305 g/mol. The van der Waals surface area contributed by atoms with E-state index in [9.17, 15) is 13.2 Å². The molecule has 1 aliphatic heterocycles. The van der Waals surface area contributed by atoms with Crippen LogP contribution in [0.5, 0.6) is 0 Å². The molecule has 1 aliphatic rings. The second-order valence-corrected chi connectivity index (χ2v) is 6.47. The van der Waals surface area contributed by atoms with E-state index in [1.165, 1.54) is 30.3 Å². The van der Waals surface area contributed by atoms with Gasteiger partial charge in [0.05, 0.1) is 21.0 Å². The molecule has 2 aromatic carbocycles. The fourth-order valence-electron chi connectivity index (χ4n) is 2.24. The maximum atomic E-state index is 12.6. The van der Waals surface area contributed by atoms with Gasteiger partial charge in [0.2, 0.25) is 9.84 Å². The molecule has 1 amide bonds. The van der Waals surface area contributed by atoms with Crippen LogP contribution in [-0.4, -0.2) is 24.5 Å². The van der Waals surface area contributed by atoms with Crippen LogP contribution < -0.4 is 5.32 Å². The van der Waals surface area contributed by atoms with Crippen molar-refractivity contribution in [1.29, 1.82) is 0 Å². The predicted octanol–water partition coefficient (Wildman–Crippen LogP) is 1.07. The third-order valence-electron chi connectivity index (χ3n) is 3.26. The summed E-state index contributed by atoms with van der Waals surface area (Å²) in [6, 6.07) is 9.70. The zero-order valence-corrected chi connectivity index (χ0v) is 11.5. The maximum absolute atomic E-state index is 12.6. The van der Waals surface area contributed by atoms with E-state index in [-0.39, 0.29) is 26.6 Å². The van der Waals surface area contributed by atoms with Crippen molar-refractivity contribution in [2.45, 2.75) is 16.1 Å². The van der Waals surface area contributed by atoms with Crippen LogP contribution in [-0.2, 0) is 9.84 Å². The van der Waals surface area contributed by atoms with Gasteiger partial charge < -0.3 is 15.5 Å². The van der Waals surface area contributed by atoms with Crippen LogP contribution in [0.4, 0.5) is 5.69 Å². The molecular formula is C14H11NO5S. The number of anilines is 1. The molecule has 0 atom stereocenters. The Bertz CT molecular complexity index is 842. The van der Waals surface area contributed by atoms with Crippen molar-refractivity contribution in [3.8, 4) is 0 Å². The van der Waals surface area contributed by atoms with E-state index in [4.69, 9.17) is 10.2 Å². The summed E-state index contributed by atoms with van der Waals surface area (Å²) in [4.78, 5) is 12.0. The van der Waals surface area contributed by atoms with Crippen molar-refractivity contribution in [2.24, 2.45) is 0 Å². The molecule has 0 spiro atoms. The molecule has 108 valence electrons. The molecule has 0 saturated heterocycles. The topological polar surface area (TPSA) is 104 Å². The SMILES string of the molecule is O=C1Nc2cc(C(O)O)ccc2S(=O)(=O)c2ccccc21. The molecule has 0 aromatic heterocycles. The summed E-state index contributed by atoms with van der Waals surface area (Å²) in [7, 11) is -3.86. The molecule has 0 unspecified atom stereocenters. The lowest BCUT2D eigenvalue weighted by Gasteiger charge is -2.10. The van der Waals surface area contributed by atoms with Gasteiger partial charge in [-0.15, -0.1) is 0 Å². The Morgan fingerprint density at radius 1 is 1.00 bits per heavy atom. The number of sulfone groups is 1. The number of carbonyl (C=O) groups is 1. The highest BCUT2D eigenvalue weighted by Crippen LogP contribution is 2.34. The second-order valence-electron chi connectivity index (χ2n) is 4.58. The second kappa shape index (κ2) is 4.66. The normalized spacial score (nSPS) is 15.9. The summed E-state index contributed by atoms with van der Waals surface area (Å²) in [6.45, 7) is 0. The number of rotatable bonds is 1. The Hall–Kier alpha value is -2.22. The fourth-order valence-corrected chi connectivity index (χ4v) is 3.83. The van der Waals surface area contributed by atoms with Crippen molar-refractivity contribution in [1.82, 2.24) is 0 Å². The monoisotopic (exact) mass is 305 g/mol. The van der Waals surface area contributed by atoms with Crippen molar-refractivity contribution >= 4 is 21.4 Å². The number of hydrogen-bond donors (Lipinski definition) is 3. The quantitative estimate of drug-likeness (QED) is 0.684. The van der Waals surface area contributed by atoms with Crippen LogP contribution in [0.25, 0.3) is 0 Å². The highest BCUT2D eigenvalue weighted by atomic mass is 32.2. The molecule has 3 rings (SSSR count). The number of nitrogens with one attached hydrogen (secondary N) is 1. The molecule has 1 heterocycles. The Morgan fingerprint density at radius 3 is 2.43 bits per heavy atom. The first kappa shape index (κ1) is 13.7. The molecule has 0 radical (unpaired) electrons. The van der Waals surface area contributed by atoms with E-state index in [0.717, 1.165) is 0 Å². The predicted molar refractivity (Wildman–Crippen MR) is 73.5 cm³/mol. The first-order valence-electron chi connectivity index (χ1n) is 6.07. The maximum Gasteiger partial charge on any atom is 0.257 e. The van der Waals surface area contributed by atoms with Crippen LogP contribution in [0.1, 0.15) is 22.2 Å². The third-order valence-corrected chi connectivity index (χ3v) is 5.13. The zero-order valence-electron chi connectivity index (χ0n) is 10.6. The van der Waals surface area contributed by atoms with Gasteiger partial charge in [0, 0.05) is 5.56 Å². The Balaban J connectivity index is 2.31. The van der Waals surface area contributed by atoms with Crippen molar-refractivity contribution < 1.29 is 23.4 Å². The van der Waals surface area contributed by atoms with Crippen LogP contribution in [0.15, 0.2) is 52.3 Å². The van der Waals surface area contributed by atoms with E-state index in [1.54, 1.807) is 12.1 Å². The van der Waals surface area contributed by atoms with Crippen molar-refractivity contribution in [3.63, 3.8) is 0 Å². The lowest BCUT2D eigenvalue weighted by atomic mass is 10.1.